The lowest BCUT2D eigenvalue weighted by atomic mass is 10.1. The van der Waals surface area contributed by atoms with Crippen LogP contribution < -0.4 is 5.32 Å². The average molecular weight is 244 g/mol. The number of aromatic nitrogens is 3. The van der Waals surface area contributed by atoms with Crippen LogP contribution in [0.1, 0.15) is 38.4 Å². The van der Waals surface area contributed by atoms with Gasteiger partial charge in [-0.1, -0.05) is 32.0 Å². The van der Waals surface area contributed by atoms with E-state index in [4.69, 9.17) is 0 Å². The molecular formula is C14H20N4. The van der Waals surface area contributed by atoms with Crippen LogP contribution in [-0.2, 0) is 0 Å². The van der Waals surface area contributed by atoms with Crippen LogP contribution in [0, 0.1) is 0 Å². The quantitative estimate of drug-likeness (QED) is 0.849. The third kappa shape index (κ3) is 2.96. The molecule has 0 amide bonds. The van der Waals surface area contributed by atoms with Crippen LogP contribution in [-0.4, -0.2) is 21.5 Å². The topological polar surface area (TPSA) is 42.7 Å². The van der Waals surface area contributed by atoms with Crippen molar-refractivity contribution < 1.29 is 0 Å². The van der Waals surface area contributed by atoms with Crippen molar-refractivity contribution in [1.29, 1.82) is 0 Å². The minimum absolute atomic E-state index is 0.294. The molecule has 0 saturated heterocycles. The van der Waals surface area contributed by atoms with E-state index in [0.29, 0.717) is 6.04 Å². The zero-order valence-corrected chi connectivity index (χ0v) is 11.0. The second kappa shape index (κ2) is 6.31. The number of nitrogens with zero attached hydrogens (tertiary/aromatic N) is 3. The summed E-state index contributed by atoms with van der Waals surface area (Å²) in [6, 6.07) is 10.3. The molecule has 0 radical (unpaired) electrons. The SMILES string of the molecule is CCCNC(CC)c1cnn(-c2ccccc2)n1. The van der Waals surface area contributed by atoms with E-state index in [-0.39, 0.29) is 0 Å². The van der Waals surface area contributed by atoms with Gasteiger partial charge in [0.05, 0.1) is 17.9 Å². The van der Waals surface area contributed by atoms with E-state index in [2.05, 4.69) is 29.4 Å². The van der Waals surface area contributed by atoms with Gasteiger partial charge in [-0.3, -0.25) is 0 Å². The van der Waals surface area contributed by atoms with E-state index >= 15 is 0 Å². The number of rotatable bonds is 6. The van der Waals surface area contributed by atoms with Gasteiger partial charge in [0.1, 0.15) is 5.69 Å². The maximum atomic E-state index is 4.55. The summed E-state index contributed by atoms with van der Waals surface area (Å²) in [4.78, 5) is 1.69. The summed E-state index contributed by atoms with van der Waals surface area (Å²) in [5, 5.41) is 12.4. The maximum absolute atomic E-state index is 4.55. The molecule has 18 heavy (non-hydrogen) atoms. The van der Waals surface area contributed by atoms with Gasteiger partial charge in [-0.05, 0) is 31.5 Å². The van der Waals surface area contributed by atoms with Gasteiger partial charge < -0.3 is 5.32 Å². The first-order chi connectivity index (χ1) is 8.85. The molecule has 0 saturated carbocycles. The van der Waals surface area contributed by atoms with E-state index in [1.807, 2.05) is 36.5 Å². The Kier molecular flexibility index (Phi) is 4.47. The van der Waals surface area contributed by atoms with Crippen LogP contribution in [0.4, 0.5) is 0 Å². The summed E-state index contributed by atoms with van der Waals surface area (Å²) in [5.74, 6) is 0. The number of hydrogen-bond donors (Lipinski definition) is 1. The van der Waals surface area contributed by atoms with Crippen LogP contribution in [0.15, 0.2) is 36.5 Å². The first kappa shape index (κ1) is 12.8. The number of benzene rings is 1. The highest BCUT2D eigenvalue weighted by atomic mass is 15.5. The Balaban J connectivity index is 2.14. The van der Waals surface area contributed by atoms with Crippen LogP contribution in [0.3, 0.4) is 0 Å². The van der Waals surface area contributed by atoms with E-state index in [1.54, 1.807) is 4.80 Å². The second-order valence-corrected chi connectivity index (χ2v) is 4.31. The minimum atomic E-state index is 0.294. The standard InChI is InChI=1S/C14H20N4/c1-3-10-15-13(4-2)14-11-16-18(17-14)12-8-6-5-7-9-12/h5-9,11,13,15H,3-4,10H2,1-2H3. The Labute approximate surface area is 108 Å². The average Bonchev–Trinajstić information content (AvgIpc) is 2.90. The molecule has 0 aliphatic rings. The molecule has 2 aromatic rings. The van der Waals surface area contributed by atoms with Gasteiger partial charge in [0.15, 0.2) is 0 Å². The Morgan fingerprint density at radius 3 is 2.67 bits per heavy atom. The summed E-state index contributed by atoms with van der Waals surface area (Å²) < 4.78 is 0. The summed E-state index contributed by atoms with van der Waals surface area (Å²) in [5.41, 5.74) is 2.00. The highest BCUT2D eigenvalue weighted by Crippen LogP contribution is 2.14. The van der Waals surface area contributed by atoms with Crippen LogP contribution in [0.5, 0.6) is 0 Å². The summed E-state index contributed by atoms with van der Waals surface area (Å²) >= 11 is 0. The summed E-state index contributed by atoms with van der Waals surface area (Å²) in [6.45, 7) is 5.34. The van der Waals surface area contributed by atoms with Crippen LogP contribution >= 0.6 is 0 Å². The molecule has 1 unspecified atom stereocenters. The van der Waals surface area contributed by atoms with Crippen molar-refractivity contribution in [1.82, 2.24) is 20.3 Å². The van der Waals surface area contributed by atoms with Crippen molar-refractivity contribution in [2.75, 3.05) is 6.54 Å². The van der Waals surface area contributed by atoms with Crippen LogP contribution in [0.2, 0.25) is 0 Å². The Morgan fingerprint density at radius 2 is 2.00 bits per heavy atom. The fourth-order valence-electron chi connectivity index (χ4n) is 1.90. The van der Waals surface area contributed by atoms with E-state index < -0.39 is 0 Å². The molecule has 1 aromatic heterocycles. The molecule has 0 fully saturated rings. The molecule has 1 heterocycles. The molecule has 0 aliphatic carbocycles. The van der Waals surface area contributed by atoms with E-state index in [9.17, 15) is 0 Å². The first-order valence-corrected chi connectivity index (χ1v) is 6.56. The predicted molar refractivity (Wildman–Crippen MR) is 72.7 cm³/mol. The lowest BCUT2D eigenvalue weighted by Gasteiger charge is -2.12. The molecule has 4 heteroatoms. The van der Waals surface area contributed by atoms with Crippen molar-refractivity contribution in [2.45, 2.75) is 32.7 Å². The second-order valence-electron chi connectivity index (χ2n) is 4.31. The van der Waals surface area contributed by atoms with E-state index in [0.717, 1.165) is 30.8 Å². The molecule has 0 bridgehead atoms. The largest absolute Gasteiger partial charge is 0.309 e. The predicted octanol–water partition coefficient (Wildman–Crippen LogP) is 2.72. The molecule has 0 aliphatic heterocycles. The summed E-state index contributed by atoms with van der Waals surface area (Å²) in [7, 11) is 0. The fraction of sp³-hybridized carbons (Fsp3) is 0.429. The molecule has 2 rings (SSSR count). The van der Waals surface area contributed by atoms with Gasteiger partial charge in [-0.2, -0.15) is 15.0 Å². The molecular weight excluding hydrogens is 224 g/mol. The fourth-order valence-corrected chi connectivity index (χ4v) is 1.90. The molecule has 96 valence electrons. The third-order valence-corrected chi connectivity index (χ3v) is 2.90. The zero-order valence-electron chi connectivity index (χ0n) is 11.0. The van der Waals surface area contributed by atoms with Crippen molar-refractivity contribution in [3.63, 3.8) is 0 Å². The van der Waals surface area contributed by atoms with Crippen molar-refractivity contribution in [3.05, 3.63) is 42.2 Å². The minimum Gasteiger partial charge on any atom is -0.309 e. The molecule has 4 nitrogen and oxygen atoms in total. The highest BCUT2D eigenvalue weighted by Gasteiger charge is 2.12. The lowest BCUT2D eigenvalue weighted by Crippen LogP contribution is -2.22. The maximum Gasteiger partial charge on any atom is 0.100 e. The Hall–Kier alpha value is -1.68. The lowest BCUT2D eigenvalue weighted by molar-refractivity contribution is 0.503. The summed E-state index contributed by atoms with van der Waals surface area (Å²) in [6.07, 6.45) is 4.00. The van der Waals surface area contributed by atoms with Gasteiger partial charge in [0, 0.05) is 0 Å². The highest BCUT2D eigenvalue weighted by molar-refractivity contribution is 5.28. The first-order valence-electron chi connectivity index (χ1n) is 6.56. The normalized spacial score (nSPS) is 12.6. The monoisotopic (exact) mass is 244 g/mol. The number of nitrogens with one attached hydrogen (secondary N) is 1. The third-order valence-electron chi connectivity index (χ3n) is 2.90. The van der Waals surface area contributed by atoms with Gasteiger partial charge in [-0.15, -0.1) is 0 Å². The van der Waals surface area contributed by atoms with Gasteiger partial charge in [-0.25, -0.2) is 0 Å². The molecule has 1 N–H and O–H groups in total. The molecule has 1 aromatic carbocycles. The van der Waals surface area contributed by atoms with Crippen molar-refractivity contribution in [3.8, 4) is 5.69 Å². The van der Waals surface area contributed by atoms with Gasteiger partial charge in [0.25, 0.3) is 0 Å². The van der Waals surface area contributed by atoms with Gasteiger partial charge in [0.2, 0.25) is 0 Å². The molecule has 0 spiro atoms. The van der Waals surface area contributed by atoms with Crippen LogP contribution in [0.25, 0.3) is 5.69 Å². The number of hydrogen-bond acceptors (Lipinski definition) is 3. The van der Waals surface area contributed by atoms with Crippen molar-refractivity contribution in [2.24, 2.45) is 0 Å². The van der Waals surface area contributed by atoms with E-state index in [1.165, 1.54) is 0 Å². The Morgan fingerprint density at radius 1 is 1.22 bits per heavy atom. The van der Waals surface area contributed by atoms with Crippen molar-refractivity contribution >= 4 is 0 Å². The smallest absolute Gasteiger partial charge is 0.100 e. The Bertz CT molecular complexity index is 464. The zero-order chi connectivity index (χ0) is 12.8. The number of para-hydroxylation sites is 1. The molecule has 1 atom stereocenters. The van der Waals surface area contributed by atoms with Gasteiger partial charge >= 0.3 is 0 Å².